The second-order valence-electron chi connectivity index (χ2n) is 7.33. The van der Waals surface area contributed by atoms with E-state index in [4.69, 9.17) is 5.11 Å². The van der Waals surface area contributed by atoms with Crippen molar-refractivity contribution in [3.8, 4) is 0 Å². The SMILES string of the molecule is CC(C)C(NC(=O)C(Cc1cnc[nH]1)NC(=O)C1CCCN1)C(=O)NCC(=O)O. The highest BCUT2D eigenvalue weighted by molar-refractivity contribution is 5.94. The fourth-order valence-electron chi connectivity index (χ4n) is 3.07. The first-order chi connectivity index (χ1) is 13.8. The molecule has 0 saturated carbocycles. The van der Waals surface area contributed by atoms with Crippen molar-refractivity contribution in [1.29, 1.82) is 0 Å². The molecule has 3 amide bonds. The zero-order valence-corrected chi connectivity index (χ0v) is 16.5. The van der Waals surface area contributed by atoms with Crippen molar-refractivity contribution in [3.63, 3.8) is 0 Å². The lowest BCUT2D eigenvalue weighted by molar-refractivity contribution is -0.139. The topological polar surface area (TPSA) is 165 Å². The van der Waals surface area contributed by atoms with E-state index in [-0.39, 0.29) is 24.3 Å². The van der Waals surface area contributed by atoms with Crippen molar-refractivity contribution in [2.45, 2.75) is 51.2 Å². The van der Waals surface area contributed by atoms with E-state index in [1.807, 2.05) is 0 Å². The maximum atomic E-state index is 12.9. The van der Waals surface area contributed by atoms with Crippen LogP contribution in [0.15, 0.2) is 12.5 Å². The lowest BCUT2D eigenvalue weighted by Gasteiger charge is -2.25. The minimum atomic E-state index is -1.18. The van der Waals surface area contributed by atoms with Crippen LogP contribution >= 0.6 is 0 Å². The second-order valence-corrected chi connectivity index (χ2v) is 7.33. The molecule has 0 aliphatic carbocycles. The molecule has 29 heavy (non-hydrogen) atoms. The Balaban J connectivity index is 2.07. The van der Waals surface area contributed by atoms with E-state index in [1.165, 1.54) is 6.33 Å². The van der Waals surface area contributed by atoms with Gasteiger partial charge in [0.25, 0.3) is 0 Å². The minimum Gasteiger partial charge on any atom is -0.480 e. The molecule has 2 heterocycles. The molecule has 0 spiro atoms. The highest BCUT2D eigenvalue weighted by Gasteiger charge is 2.31. The van der Waals surface area contributed by atoms with Crippen LogP contribution in [0, 0.1) is 5.92 Å². The number of carbonyl (C=O) groups excluding carboxylic acids is 3. The zero-order chi connectivity index (χ0) is 21.4. The number of carboxylic acid groups (broad SMARTS) is 1. The average Bonchev–Trinajstić information content (AvgIpc) is 3.36. The maximum absolute atomic E-state index is 12.9. The summed E-state index contributed by atoms with van der Waals surface area (Å²) in [5.41, 5.74) is 0.654. The molecule has 0 bridgehead atoms. The summed E-state index contributed by atoms with van der Waals surface area (Å²) in [5, 5.41) is 19.5. The normalized spacial score (nSPS) is 18.1. The molecule has 6 N–H and O–H groups in total. The molecular formula is C18H28N6O5. The van der Waals surface area contributed by atoms with E-state index in [0.717, 1.165) is 13.0 Å². The molecular weight excluding hydrogens is 380 g/mol. The predicted octanol–water partition coefficient (Wildman–Crippen LogP) is -1.47. The van der Waals surface area contributed by atoms with Gasteiger partial charge in [0.1, 0.15) is 18.6 Å². The summed E-state index contributed by atoms with van der Waals surface area (Å²) >= 11 is 0. The summed E-state index contributed by atoms with van der Waals surface area (Å²) in [7, 11) is 0. The molecule has 1 fully saturated rings. The molecule has 11 heteroatoms. The number of aliphatic carboxylic acids is 1. The number of rotatable bonds is 10. The van der Waals surface area contributed by atoms with Crippen molar-refractivity contribution in [3.05, 3.63) is 18.2 Å². The van der Waals surface area contributed by atoms with Gasteiger partial charge < -0.3 is 31.4 Å². The molecule has 3 unspecified atom stereocenters. The number of carbonyl (C=O) groups is 4. The van der Waals surface area contributed by atoms with Crippen molar-refractivity contribution in [2.24, 2.45) is 5.92 Å². The van der Waals surface area contributed by atoms with E-state index in [1.54, 1.807) is 20.0 Å². The molecule has 3 atom stereocenters. The Morgan fingerprint density at radius 3 is 2.55 bits per heavy atom. The lowest BCUT2D eigenvalue weighted by atomic mass is 10.0. The number of nitrogens with zero attached hydrogens (tertiary/aromatic N) is 1. The molecule has 2 rings (SSSR count). The number of amides is 3. The number of carboxylic acids is 1. The van der Waals surface area contributed by atoms with Crippen LogP contribution in [0.2, 0.25) is 0 Å². The van der Waals surface area contributed by atoms with Crippen LogP contribution in [0.1, 0.15) is 32.4 Å². The highest BCUT2D eigenvalue weighted by atomic mass is 16.4. The van der Waals surface area contributed by atoms with Crippen LogP contribution in [0.25, 0.3) is 0 Å². The van der Waals surface area contributed by atoms with E-state index < -0.39 is 36.4 Å². The Morgan fingerprint density at radius 1 is 1.24 bits per heavy atom. The summed E-state index contributed by atoms with van der Waals surface area (Å²) in [4.78, 5) is 55.2. The summed E-state index contributed by atoms with van der Waals surface area (Å²) in [6.45, 7) is 3.67. The Kier molecular flexibility index (Phi) is 8.13. The van der Waals surface area contributed by atoms with E-state index in [2.05, 4.69) is 31.2 Å². The number of aromatic nitrogens is 2. The first-order valence-corrected chi connectivity index (χ1v) is 9.58. The molecule has 0 aromatic carbocycles. The fraction of sp³-hybridized carbons (Fsp3) is 0.611. The third kappa shape index (κ3) is 6.86. The zero-order valence-electron chi connectivity index (χ0n) is 16.5. The largest absolute Gasteiger partial charge is 0.480 e. The maximum Gasteiger partial charge on any atom is 0.322 e. The summed E-state index contributed by atoms with van der Waals surface area (Å²) in [5.74, 6) is -2.87. The van der Waals surface area contributed by atoms with Gasteiger partial charge in [-0.05, 0) is 25.3 Å². The van der Waals surface area contributed by atoms with Gasteiger partial charge in [-0.25, -0.2) is 4.98 Å². The number of hydrogen-bond acceptors (Lipinski definition) is 6. The van der Waals surface area contributed by atoms with Crippen molar-refractivity contribution < 1.29 is 24.3 Å². The fourth-order valence-corrected chi connectivity index (χ4v) is 3.07. The monoisotopic (exact) mass is 408 g/mol. The molecule has 1 aliphatic heterocycles. The number of H-pyrrole nitrogens is 1. The number of nitrogens with one attached hydrogen (secondary N) is 5. The second kappa shape index (κ2) is 10.6. The van der Waals surface area contributed by atoms with Gasteiger partial charge in [-0.15, -0.1) is 0 Å². The van der Waals surface area contributed by atoms with Crippen LogP contribution < -0.4 is 21.3 Å². The van der Waals surface area contributed by atoms with Gasteiger partial charge in [0, 0.05) is 18.3 Å². The molecule has 160 valence electrons. The summed E-state index contributed by atoms with van der Waals surface area (Å²) in [6.07, 6.45) is 4.78. The molecule has 1 aromatic heterocycles. The summed E-state index contributed by atoms with van der Waals surface area (Å²) < 4.78 is 0. The molecule has 11 nitrogen and oxygen atoms in total. The van der Waals surface area contributed by atoms with Crippen molar-refractivity contribution in [2.75, 3.05) is 13.1 Å². The smallest absolute Gasteiger partial charge is 0.322 e. The first-order valence-electron chi connectivity index (χ1n) is 9.58. The Bertz CT molecular complexity index is 714. The van der Waals surface area contributed by atoms with Gasteiger partial charge >= 0.3 is 5.97 Å². The van der Waals surface area contributed by atoms with E-state index >= 15 is 0 Å². The molecule has 1 saturated heterocycles. The number of hydrogen-bond donors (Lipinski definition) is 6. The van der Waals surface area contributed by atoms with Gasteiger partial charge in [0.2, 0.25) is 17.7 Å². The molecule has 1 aromatic rings. The van der Waals surface area contributed by atoms with Crippen LogP contribution in [0.3, 0.4) is 0 Å². The predicted molar refractivity (Wildman–Crippen MR) is 103 cm³/mol. The van der Waals surface area contributed by atoms with Crippen molar-refractivity contribution >= 4 is 23.7 Å². The standard InChI is InChI=1S/C18H28N6O5/c1-10(2)15(18(29)21-8-14(25)26)24-17(28)13(6-11-7-19-9-22-11)23-16(27)12-4-3-5-20-12/h7,9-10,12-13,15,20H,3-6,8H2,1-2H3,(H,19,22)(H,21,29)(H,23,27)(H,24,28)(H,25,26). The van der Waals surface area contributed by atoms with E-state index in [0.29, 0.717) is 12.1 Å². The van der Waals surface area contributed by atoms with Crippen LogP contribution in [-0.4, -0.2) is 70.0 Å². The van der Waals surface area contributed by atoms with Crippen LogP contribution in [0.5, 0.6) is 0 Å². The average molecular weight is 408 g/mol. The quantitative estimate of drug-likeness (QED) is 0.275. The van der Waals surface area contributed by atoms with E-state index in [9.17, 15) is 19.2 Å². The number of aromatic amines is 1. The Hall–Kier alpha value is -2.95. The molecule has 0 radical (unpaired) electrons. The highest BCUT2D eigenvalue weighted by Crippen LogP contribution is 2.08. The van der Waals surface area contributed by atoms with Gasteiger partial charge in [-0.2, -0.15) is 0 Å². The van der Waals surface area contributed by atoms with Crippen LogP contribution in [-0.2, 0) is 25.6 Å². The lowest BCUT2D eigenvalue weighted by Crippen LogP contribution is -2.57. The molecule has 1 aliphatic rings. The van der Waals surface area contributed by atoms with Crippen LogP contribution in [0.4, 0.5) is 0 Å². The van der Waals surface area contributed by atoms with Gasteiger partial charge in [0.15, 0.2) is 0 Å². The van der Waals surface area contributed by atoms with Gasteiger partial charge in [-0.1, -0.05) is 13.8 Å². The Labute approximate surface area is 168 Å². The van der Waals surface area contributed by atoms with Gasteiger partial charge in [-0.3, -0.25) is 19.2 Å². The Morgan fingerprint density at radius 2 is 2.00 bits per heavy atom. The third-order valence-electron chi connectivity index (χ3n) is 4.65. The summed E-state index contributed by atoms with van der Waals surface area (Å²) in [6, 6.07) is -2.21. The number of imidazole rings is 1. The van der Waals surface area contributed by atoms with Gasteiger partial charge in [0.05, 0.1) is 12.4 Å². The van der Waals surface area contributed by atoms with Crippen molar-refractivity contribution in [1.82, 2.24) is 31.2 Å². The minimum absolute atomic E-state index is 0.172. The first kappa shape index (κ1) is 22.3. The third-order valence-corrected chi connectivity index (χ3v) is 4.65.